The average Bonchev–Trinajstić information content (AvgIpc) is 2.49. The zero-order valence-corrected chi connectivity index (χ0v) is 10.0. The zero-order chi connectivity index (χ0) is 9.68. The number of esters is 1. The van der Waals surface area contributed by atoms with E-state index in [1.54, 1.807) is 0 Å². The van der Waals surface area contributed by atoms with Crippen molar-refractivity contribution in [2.75, 3.05) is 6.61 Å². The number of nitrogens with zero attached hydrogens (tertiary/aromatic N) is 2. The second-order valence-corrected chi connectivity index (χ2v) is 2.87. The topological polar surface area (TPSA) is 35.1 Å². The van der Waals surface area contributed by atoms with Crippen molar-refractivity contribution in [3.8, 4) is 0 Å². The number of hydrogen-bond acceptors (Lipinski definition) is 2. The summed E-state index contributed by atoms with van der Waals surface area (Å²) in [6, 6.07) is 0. The molecule has 5 heteroatoms. The number of aromatic nitrogens is 2. The Bertz CT molecular complexity index is 286. The summed E-state index contributed by atoms with van der Waals surface area (Å²) in [6.07, 6.45) is 6.23. The minimum Gasteiger partial charge on any atom is -1.00 e. The van der Waals surface area contributed by atoms with Crippen molar-refractivity contribution in [2.24, 2.45) is 7.05 Å². The van der Waals surface area contributed by atoms with Gasteiger partial charge in [-0.25, -0.2) is 9.13 Å². The van der Waals surface area contributed by atoms with Gasteiger partial charge in [-0.2, -0.15) is 0 Å². The molecule has 80 valence electrons. The first-order valence-electron chi connectivity index (χ1n) is 4.39. The predicted octanol–water partition coefficient (Wildman–Crippen LogP) is -2.73. The van der Waals surface area contributed by atoms with Crippen molar-refractivity contribution >= 4 is 5.97 Å². The molecular formula is C9H15BrN2O2. The molecule has 0 aliphatic heterocycles. The fraction of sp³-hybridized carbons (Fsp3) is 0.556. The Hall–Kier alpha value is -0.840. The van der Waals surface area contributed by atoms with E-state index < -0.39 is 0 Å². The van der Waals surface area contributed by atoms with Crippen LogP contribution in [0.2, 0.25) is 0 Å². The normalized spacial score (nSPS) is 9.29. The molecule has 0 amide bonds. The Morgan fingerprint density at radius 1 is 1.57 bits per heavy atom. The van der Waals surface area contributed by atoms with Crippen LogP contribution in [0.25, 0.3) is 0 Å². The fourth-order valence-corrected chi connectivity index (χ4v) is 1.09. The Kier molecular flexibility index (Phi) is 6.19. The number of hydrogen-bond donors (Lipinski definition) is 0. The maximum absolute atomic E-state index is 11.0. The standard InChI is InChI=1S/C9H15N2O2.BrH/c1-3-13-9(12)4-5-11-7-6-10(2)8-11;/h6-8H,3-5H2,1-2H3;1H/q+1;/p-1. The molecule has 0 radical (unpaired) electrons. The Morgan fingerprint density at radius 3 is 2.79 bits per heavy atom. The average molecular weight is 263 g/mol. The van der Waals surface area contributed by atoms with Gasteiger partial charge in [0.25, 0.3) is 0 Å². The molecule has 0 unspecified atom stereocenters. The van der Waals surface area contributed by atoms with E-state index in [2.05, 4.69) is 0 Å². The Morgan fingerprint density at radius 2 is 2.29 bits per heavy atom. The van der Waals surface area contributed by atoms with Crippen LogP contribution in [0, 0.1) is 0 Å². The first-order valence-corrected chi connectivity index (χ1v) is 4.39. The molecule has 1 aromatic heterocycles. The first-order chi connectivity index (χ1) is 6.22. The van der Waals surface area contributed by atoms with Crippen molar-refractivity contribution < 1.29 is 31.1 Å². The number of ether oxygens (including phenoxy) is 1. The minimum atomic E-state index is -0.140. The highest BCUT2D eigenvalue weighted by atomic mass is 79.9. The highest BCUT2D eigenvalue weighted by Gasteiger charge is 2.05. The number of rotatable bonds is 4. The lowest BCUT2D eigenvalue weighted by Gasteiger charge is -1.98. The summed E-state index contributed by atoms with van der Waals surface area (Å²) >= 11 is 0. The Labute approximate surface area is 94.3 Å². The van der Waals surface area contributed by atoms with Gasteiger partial charge in [-0.15, -0.1) is 0 Å². The highest BCUT2D eigenvalue weighted by molar-refractivity contribution is 5.69. The molecule has 0 aliphatic carbocycles. The second kappa shape index (κ2) is 6.59. The van der Waals surface area contributed by atoms with Crippen LogP contribution in [0.3, 0.4) is 0 Å². The molecule has 0 saturated heterocycles. The largest absolute Gasteiger partial charge is 1.00 e. The molecule has 0 bridgehead atoms. The monoisotopic (exact) mass is 262 g/mol. The SMILES string of the molecule is CCOC(=O)CCn1cc[n+](C)c1.[Br-]. The molecule has 1 aromatic rings. The maximum Gasteiger partial charge on any atom is 0.309 e. The lowest BCUT2D eigenvalue weighted by molar-refractivity contribution is -0.671. The third-order valence-electron chi connectivity index (χ3n) is 1.70. The predicted molar refractivity (Wildman–Crippen MR) is 46.9 cm³/mol. The molecule has 0 aliphatic rings. The van der Waals surface area contributed by atoms with Gasteiger partial charge >= 0.3 is 5.97 Å². The number of halogens is 1. The molecule has 1 heterocycles. The summed E-state index contributed by atoms with van der Waals surface area (Å²) < 4.78 is 8.70. The number of imidazole rings is 1. The lowest BCUT2D eigenvalue weighted by atomic mass is 10.4. The van der Waals surface area contributed by atoms with Gasteiger partial charge in [0.2, 0.25) is 6.33 Å². The molecule has 0 saturated carbocycles. The number of carbonyl (C=O) groups excluding carboxylic acids is 1. The summed E-state index contributed by atoms with van der Waals surface area (Å²) in [7, 11) is 1.95. The lowest BCUT2D eigenvalue weighted by Crippen LogP contribution is -3.00. The molecule has 0 atom stereocenters. The van der Waals surface area contributed by atoms with E-state index in [1.807, 2.05) is 41.8 Å². The van der Waals surface area contributed by atoms with E-state index in [0.717, 1.165) is 0 Å². The van der Waals surface area contributed by atoms with E-state index in [1.165, 1.54) is 0 Å². The van der Waals surface area contributed by atoms with Crippen LogP contribution < -0.4 is 21.5 Å². The highest BCUT2D eigenvalue weighted by Crippen LogP contribution is 1.91. The van der Waals surface area contributed by atoms with Gasteiger partial charge in [-0.05, 0) is 6.92 Å². The van der Waals surface area contributed by atoms with Gasteiger partial charge in [0.05, 0.1) is 20.1 Å². The van der Waals surface area contributed by atoms with Crippen molar-refractivity contribution in [3.63, 3.8) is 0 Å². The van der Waals surface area contributed by atoms with Crippen LogP contribution in [-0.4, -0.2) is 17.1 Å². The summed E-state index contributed by atoms with van der Waals surface area (Å²) in [5.74, 6) is -0.140. The van der Waals surface area contributed by atoms with Crippen LogP contribution in [0.1, 0.15) is 13.3 Å². The summed E-state index contributed by atoms with van der Waals surface area (Å²) in [4.78, 5) is 11.0. The van der Waals surface area contributed by atoms with Gasteiger partial charge < -0.3 is 21.7 Å². The summed E-state index contributed by atoms with van der Waals surface area (Å²) in [6.45, 7) is 2.95. The van der Waals surface area contributed by atoms with Crippen LogP contribution in [0.15, 0.2) is 18.7 Å². The Balaban J connectivity index is 0.00000169. The molecule has 1 rings (SSSR count). The smallest absolute Gasteiger partial charge is 0.309 e. The first kappa shape index (κ1) is 13.2. The minimum absolute atomic E-state index is 0. The van der Waals surface area contributed by atoms with Gasteiger partial charge in [0, 0.05) is 0 Å². The second-order valence-electron chi connectivity index (χ2n) is 2.87. The molecule has 0 aromatic carbocycles. The van der Waals surface area contributed by atoms with Gasteiger partial charge in [0.15, 0.2) is 0 Å². The molecule has 0 spiro atoms. The number of aryl methyl sites for hydroxylation is 2. The molecular weight excluding hydrogens is 248 g/mol. The molecule has 0 fully saturated rings. The summed E-state index contributed by atoms with van der Waals surface area (Å²) in [5.41, 5.74) is 0. The van der Waals surface area contributed by atoms with Gasteiger partial charge in [-0.1, -0.05) is 0 Å². The van der Waals surface area contributed by atoms with Crippen LogP contribution in [-0.2, 0) is 23.1 Å². The van der Waals surface area contributed by atoms with Crippen LogP contribution >= 0.6 is 0 Å². The molecule has 4 nitrogen and oxygen atoms in total. The molecule has 14 heavy (non-hydrogen) atoms. The van der Waals surface area contributed by atoms with Gasteiger partial charge in [-0.3, -0.25) is 4.79 Å². The zero-order valence-electron chi connectivity index (χ0n) is 8.44. The third kappa shape index (κ3) is 4.41. The van der Waals surface area contributed by atoms with Crippen molar-refractivity contribution in [1.82, 2.24) is 4.57 Å². The van der Waals surface area contributed by atoms with Crippen molar-refractivity contribution in [1.29, 1.82) is 0 Å². The van der Waals surface area contributed by atoms with E-state index in [0.29, 0.717) is 19.6 Å². The van der Waals surface area contributed by atoms with Crippen LogP contribution in [0.4, 0.5) is 0 Å². The van der Waals surface area contributed by atoms with E-state index >= 15 is 0 Å². The number of carbonyl (C=O) groups is 1. The van der Waals surface area contributed by atoms with E-state index in [9.17, 15) is 4.79 Å². The quantitative estimate of drug-likeness (QED) is 0.437. The molecule has 0 N–H and O–H groups in total. The van der Waals surface area contributed by atoms with E-state index in [-0.39, 0.29) is 23.0 Å². The van der Waals surface area contributed by atoms with Crippen LogP contribution in [0.5, 0.6) is 0 Å². The fourth-order valence-electron chi connectivity index (χ4n) is 1.09. The maximum atomic E-state index is 11.0. The third-order valence-corrected chi connectivity index (χ3v) is 1.70. The van der Waals surface area contributed by atoms with Crippen molar-refractivity contribution in [2.45, 2.75) is 19.9 Å². The van der Waals surface area contributed by atoms with E-state index in [4.69, 9.17) is 4.74 Å². The van der Waals surface area contributed by atoms with Gasteiger partial charge in [0.1, 0.15) is 18.9 Å². The summed E-state index contributed by atoms with van der Waals surface area (Å²) in [5, 5.41) is 0. The van der Waals surface area contributed by atoms with Crippen molar-refractivity contribution in [3.05, 3.63) is 18.7 Å².